The van der Waals surface area contributed by atoms with Crippen molar-refractivity contribution in [3.05, 3.63) is 66.1 Å². The van der Waals surface area contributed by atoms with Crippen LogP contribution in [-0.4, -0.2) is 41.1 Å². The van der Waals surface area contributed by atoms with Crippen molar-refractivity contribution >= 4 is 22.9 Å². The maximum atomic E-state index is 7.36. The summed E-state index contributed by atoms with van der Waals surface area (Å²) in [4.78, 5) is 7.08. The second-order valence-electron chi connectivity index (χ2n) is 7.62. The molecule has 0 N–H and O–H groups in total. The van der Waals surface area contributed by atoms with Gasteiger partial charge >= 0.3 is 0 Å². The van der Waals surface area contributed by atoms with Gasteiger partial charge in [-0.1, -0.05) is 36.7 Å². The van der Waals surface area contributed by atoms with Crippen molar-refractivity contribution < 1.29 is 11.9 Å². The molecule has 0 aliphatic carbocycles. The summed E-state index contributed by atoms with van der Waals surface area (Å²) in [6, 6.07) is 14.2. The lowest BCUT2D eigenvalue weighted by molar-refractivity contribution is 0.122. The second kappa shape index (κ2) is 8.40. The zero-order valence-electron chi connectivity index (χ0n) is 19.5. The van der Waals surface area contributed by atoms with Gasteiger partial charge in [0.15, 0.2) is 11.4 Å². The Bertz CT molecular complexity index is 1290. The highest BCUT2D eigenvalue weighted by Gasteiger charge is 2.20. The minimum absolute atomic E-state index is 0.348. The molecule has 1 fully saturated rings. The lowest BCUT2D eigenvalue weighted by Crippen LogP contribution is -2.36. The molecule has 1 aromatic carbocycles. The van der Waals surface area contributed by atoms with Crippen molar-refractivity contribution in [2.24, 2.45) is 0 Å². The molecule has 158 valence electrons. The standard InChI is InChI=1S/C25H26N4O2/c1-3-4-8-20-16-22-25(31-20)23(28-11-13-30-14-12-28)17-24(26-22)29-10-9-21(27-29)19-7-5-6-18(2)15-19/h4-10,15-17H,3,11-14H2,1-2H3/b8-4+/i1D2. The number of rotatable bonds is 5. The number of ether oxygens (including phenoxy) is 1. The zero-order chi connectivity index (χ0) is 22.8. The van der Waals surface area contributed by atoms with E-state index in [0.717, 1.165) is 47.0 Å². The number of hydrogen-bond donors (Lipinski definition) is 0. The predicted molar refractivity (Wildman–Crippen MR) is 124 cm³/mol. The molecule has 0 atom stereocenters. The lowest BCUT2D eigenvalue weighted by Gasteiger charge is -2.28. The van der Waals surface area contributed by atoms with Crippen LogP contribution >= 0.6 is 0 Å². The van der Waals surface area contributed by atoms with Crippen LogP contribution in [-0.2, 0) is 4.74 Å². The molecule has 0 spiro atoms. The van der Waals surface area contributed by atoms with Crippen LogP contribution in [0.1, 0.15) is 27.4 Å². The van der Waals surface area contributed by atoms with Gasteiger partial charge in [0.2, 0.25) is 0 Å². The summed E-state index contributed by atoms with van der Waals surface area (Å²) in [5.41, 5.74) is 5.58. The topological polar surface area (TPSA) is 56.3 Å². The first-order valence-corrected chi connectivity index (χ1v) is 10.5. The normalized spacial score (nSPS) is 15.7. The van der Waals surface area contributed by atoms with E-state index in [2.05, 4.69) is 30.0 Å². The number of nitrogens with zero attached hydrogens (tertiary/aromatic N) is 4. The van der Waals surface area contributed by atoms with E-state index in [0.29, 0.717) is 25.4 Å². The van der Waals surface area contributed by atoms with E-state index in [4.69, 9.17) is 22.0 Å². The fourth-order valence-electron chi connectivity index (χ4n) is 3.84. The molecule has 0 radical (unpaired) electrons. The molecule has 4 aromatic rings. The average Bonchev–Trinajstić information content (AvgIpc) is 3.46. The molecule has 4 heterocycles. The number of furan rings is 1. The van der Waals surface area contributed by atoms with Crippen LogP contribution in [0.4, 0.5) is 5.69 Å². The highest BCUT2D eigenvalue weighted by molar-refractivity contribution is 5.89. The van der Waals surface area contributed by atoms with Crippen molar-refractivity contribution in [1.82, 2.24) is 14.8 Å². The molecular weight excluding hydrogens is 388 g/mol. The molecule has 5 rings (SSSR count). The van der Waals surface area contributed by atoms with E-state index in [1.54, 1.807) is 10.8 Å². The molecule has 0 unspecified atom stereocenters. The van der Waals surface area contributed by atoms with Gasteiger partial charge in [0.05, 0.1) is 24.6 Å². The van der Waals surface area contributed by atoms with Gasteiger partial charge in [0.25, 0.3) is 0 Å². The van der Waals surface area contributed by atoms with E-state index >= 15 is 0 Å². The second-order valence-corrected chi connectivity index (χ2v) is 7.62. The number of fused-ring (bicyclic) bond motifs is 1. The Morgan fingerprint density at radius 3 is 2.90 bits per heavy atom. The van der Waals surface area contributed by atoms with Crippen molar-refractivity contribution in [2.45, 2.75) is 20.2 Å². The molecule has 3 aromatic heterocycles. The summed E-state index contributed by atoms with van der Waals surface area (Å²) in [7, 11) is 0. The third kappa shape index (κ3) is 3.99. The highest BCUT2D eigenvalue weighted by atomic mass is 16.5. The summed E-state index contributed by atoms with van der Waals surface area (Å²) in [5, 5.41) is 4.79. The van der Waals surface area contributed by atoms with E-state index in [1.165, 1.54) is 5.56 Å². The summed E-state index contributed by atoms with van der Waals surface area (Å²) in [5.74, 6) is 1.38. The average molecular weight is 417 g/mol. The zero-order valence-corrected chi connectivity index (χ0v) is 17.5. The van der Waals surface area contributed by atoms with Gasteiger partial charge in [-0.2, -0.15) is 5.10 Å². The molecule has 1 saturated heterocycles. The number of morpholine rings is 1. The van der Waals surface area contributed by atoms with Crippen LogP contribution in [0, 0.1) is 6.92 Å². The SMILES string of the molecule is [2H]C([2H])C/C=C/c1cc2nc(-n3ccc(-c4cccc(C)c4)n3)cc(N3CCOCC3)c2o1. The van der Waals surface area contributed by atoms with Crippen LogP contribution < -0.4 is 4.90 Å². The molecule has 1 aliphatic heterocycles. The van der Waals surface area contributed by atoms with E-state index in [9.17, 15) is 0 Å². The van der Waals surface area contributed by atoms with Gasteiger partial charge < -0.3 is 14.1 Å². The van der Waals surface area contributed by atoms with Gasteiger partial charge in [-0.3, -0.25) is 0 Å². The van der Waals surface area contributed by atoms with E-state index in [1.807, 2.05) is 36.5 Å². The summed E-state index contributed by atoms with van der Waals surface area (Å²) < 4.78 is 28.2. The monoisotopic (exact) mass is 416 g/mol. The quantitative estimate of drug-likeness (QED) is 0.445. The molecule has 6 nitrogen and oxygen atoms in total. The third-order valence-electron chi connectivity index (χ3n) is 5.37. The fourth-order valence-corrected chi connectivity index (χ4v) is 3.84. The van der Waals surface area contributed by atoms with Crippen molar-refractivity contribution in [2.75, 3.05) is 31.2 Å². The first-order chi connectivity index (χ1) is 16.1. The van der Waals surface area contributed by atoms with Crippen LogP contribution in [0.3, 0.4) is 0 Å². The van der Waals surface area contributed by atoms with E-state index in [-0.39, 0.29) is 0 Å². The molecule has 0 amide bonds. The van der Waals surface area contributed by atoms with Gasteiger partial charge in [-0.25, -0.2) is 9.67 Å². The minimum Gasteiger partial charge on any atom is -0.453 e. The number of pyridine rings is 1. The predicted octanol–water partition coefficient (Wildman–Crippen LogP) is 5.25. The number of benzene rings is 1. The van der Waals surface area contributed by atoms with Crippen molar-refractivity contribution in [3.63, 3.8) is 0 Å². The highest BCUT2D eigenvalue weighted by Crippen LogP contribution is 2.32. The Balaban J connectivity index is 1.55. The van der Waals surface area contributed by atoms with Crippen LogP contribution in [0.25, 0.3) is 34.3 Å². The lowest BCUT2D eigenvalue weighted by atomic mass is 10.1. The maximum absolute atomic E-state index is 7.36. The number of anilines is 1. The Morgan fingerprint density at radius 2 is 2.06 bits per heavy atom. The molecular formula is C25H26N4O2. The minimum atomic E-state index is -0.887. The number of aryl methyl sites for hydroxylation is 1. The fraction of sp³-hybridized carbons (Fsp3) is 0.280. The third-order valence-corrected chi connectivity index (χ3v) is 5.37. The van der Waals surface area contributed by atoms with Crippen LogP contribution in [0.2, 0.25) is 0 Å². The van der Waals surface area contributed by atoms with Gasteiger partial charge in [-0.15, -0.1) is 0 Å². The Morgan fingerprint density at radius 1 is 1.16 bits per heavy atom. The Hall–Kier alpha value is -3.38. The maximum Gasteiger partial charge on any atom is 0.176 e. The summed E-state index contributed by atoms with van der Waals surface area (Å²) in [6.07, 6.45) is 5.88. The van der Waals surface area contributed by atoms with Crippen molar-refractivity contribution in [1.29, 1.82) is 0 Å². The number of allylic oxidation sites excluding steroid dienone is 1. The number of aromatic nitrogens is 3. The number of hydrogen-bond acceptors (Lipinski definition) is 5. The van der Waals surface area contributed by atoms with Gasteiger partial charge in [0, 0.05) is 39.7 Å². The molecule has 31 heavy (non-hydrogen) atoms. The van der Waals surface area contributed by atoms with Crippen LogP contribution in [0.15, 0.2) is 59.2 Å². The molecule has 6 heteroatoms. The van der Waals surface area contributed by atoms with E-state index < -0.39 is 6.88 Å². The first kappa shape index (κ1) is 17.3. The Labute approximate surface area is 184 Å². The molecule has 0 bridgehead atoms. The summed E-state index contributed by atoms with van der Waals surface area (Å²) >= 11 is 0. The Kier molecular flexibility index (Phi) is 4.69. The molecule has 0 saturated carbocycles. The smallest absolute Gasteiger partial charge is 0.176 e. The first-order valence-electron chi connectivity index (χ1n) is 11.6. The summed E-state index contributed by atoms with van der Waals surface area (Å²) in [6.45, 7) is 4.07. The van der Waals surface area contributed by atoms with Gasteiger partial charge in [-0.05, 0) is 31.6 Å². The van der Waals surface area contributed by atoms with Crippen LogP contribution in [0.5, 0.6) is 0 Å². The molecule has 1 aliphatic rings. The van der Waals surface area contributed by atoms with Gasteiger partial charge in [0.1, 0.15) is 11.3 Å². The van der Waals surface area contributed by atoms with Crippen molar-refractivity contribution in [3.8, 4) is 17.1 Å². The largest absolute Gasteiger partial charge is 0.453 e.